The standard InChI is InChI=1S/C29H30F7N3O3/c1-16-10-20(30)6-7-21(16)22-14-24(38(4)9-8-25(40)41)37-15-23(22)39(5)26(42)27(2,3)17-11-18(28(31,32)33)13-19(12-17)29(34,35)36/h6-7,10-15,25,40-41H,8-9H2,1-5H3. The van der Waals surface area contributed by atoms with Gasteiger partial charge in [-0.15, -0.1) is 0 Å². The van der Waals surface area contributed by atoms with Crippen molar-refractivity contribution in [2.75, 3.05) is 30.4 Å². The van der Waals surface area contributed by atoms with Gasteiger partial charge in [0.25, 0.3) is 0 Å². The van der Waals surface area contributed by atoms with E-state index in [1.807, 2.05) is 0 Å². The van der Waals surface area contributed by atoms with Gasteiger partial charge in [0.15, 0.2) is 6.29 Å². The molecule has 6 nitrogen and oxygen atoms in total. The van der Waals surface area contributed by atoms with Crippen LogP contribution in [-0.4, -0.2) is 48.0 Å². The molecular formula is C29H30F7N3O3. The van der Waals surface area contributed by atoms with Crippen LogP contribution in [0.5, 0.6) is 0 Å². The number of nitrogens with zero attached hydrogens (tertiary/aromatic N) is 3. The molecule has 0 atom stereocenters. The number of likely N-dealkylation sites (N-methyl/N-ethyl adjacent to an activating group) is 1. The molecule has 2 N–H and O–H groups in total. The van der Waals surface area contributed by atoms with Gasteiger partial charge >= 0.3 is 12.4 Å². The predicted octanol–water partition coefficient (Wildman–Crippen LogP) is 6.31. The van der Waals surface area contributed by atoms with Crippen LogP contribution in [-0.2, 0) is 22.6 Å². The van der Waals surface area contributed by atoms with Crippen molar-refractivity contribution in [2.24, 2.45) is 0 Å². The molecule has 0 aliphatic heterocycles. The highest BCUT2D eigenvalue weighted by molar-refractivity contribution is 6.03. The van der Waals surface area contributed by atoms with Crippen LogP contribution in [0.2, 0.25) is 0 Å². The number of aliphatic hydroxyl groups excluding tert-OH is 1. The number of carbonyl (C=O) groups excluding carboxylic acids is 1. The first-order valence-corrected chi connectivity index (χ1v) is 12.7. The third kappa shape index (κ3) is 7.19. The lowest BCUT2D eigenvalue weighted by atomic mass is 9.81. The van der Waals surface area contributed by atoms with Crippen LogP contribution in [0.3, 0.4) is 0 Å². The Kier molecular flexibility index (Phi) is 9.28. The van der Waals surface area contributed by atoms with E-state index in [1.165, 1.54) is 45.3 Å². The maximum atomic E-state index is 13.9. The maximum absolute atomic E-state index is 13.9. The van der Waals surface area contributed by atoms with Crippen molar-refractivity contribution in [2.45, 2.75) is 51.2 Å². The number of carbonyl (C=O) groups is 1. The van der Waals surface area contributed by atoms with Crippen LogP contribution < -0.4 is 9.80 Å². The molecule has 1 aromatic heterocycles. The summed E-state index contributed by atoms with van der Waals surface area (Å²) >= 11 is 0. The maximum Gasteiger partial charge on any atom is 0.416 e. The van der Waals surface area contributed by atoms with Gasteiger partial charge in [0.05, 0.1) is 28.4 Å². The molecule has 3 rings (SSSR count). The molecular weight excluding hydrogens is 571 g/mol. The van der Waals surface area contributed by atoms with Crippen molar-refractivity contribution in [3.05, 3.63) is 76.7 Å². The SMILES string of the molecule is Cc1cc(F)ccc1-c1cc(N(C)CCC(O)O)ncc1N(C)C(=O)C(C)(C)c1cc(C(F)(F)F)cc(C(F)(F)F)c1. The number of rotatable bonds is 8. The topological polar surface area (TPSA) is 76.9 Å². The molecule has 13 heteroatoms. The molecule has 0 radical (unpaired) electrons. The van der Waals surface area contributed by atoms with Crippen LogP contribution in [0.25, 0.3) is 11.1 Å². The first-order chi connectivity index (χ1) is 19.2. The lowest BCUT2D eigenvalue weighted by Gasteiger charge is -2.32. The second-order valence-corrected chi connectivity index (χ2v) is 10.5. The molecule has 1 heterocycles. The normalized spacial score (nSPS) is 12.5. The second-order valence-electron chi connectivity index (χ2n) is 10.5. The summed E-state index contributed by atoms with van der Waals surface area (Å²) in [6.07, 6.45) is -10.4. The number of anilines is 2. The number of aliphatic hydroxyl groups is 2. The highest BCUT2D eigenvalue weighted by Gasteiger charge is 2.41. The molecule has 42 heavy (non-hydrogen) atoms. The van der Waals surface area contributed by atoms with Gasteiger partial charge in [-0.2, -0.15) is 26.3 Å². The third-order valence-corrected chi connectivity index (χ3v) is 6.97. The molecule has 0 spiro atoms. The van der Waals surface area contributed by atoms with Crippen LogP contribution in [0.1, 0.15) is 42.5 Å². The Morgan fingerprint density at radius 1 is 0.881 bits per heavy atom. The van der Waals surface area contributed by atoms with Crippen LogP contribution in [0.15, 0.2) is 48.7 Å². The lowest BCUT2D eigenvalue weighted by molar-refractivity contribution is -0.143. The summed E-state index contributed by atoms with van der Waals surface area (Å²) in [7, 11) is 2.95. The van der Waals surface area contributed by atoms with E-state index in [4.69, 9.17) is 0 Å². The Morgan fingerprint density at radius 3 is 1.93 bits per heavy atom. The smallest absolute Gasteiger partial charge is 0.368 e. The largest absolute Gasteiger partial charge is 0.416 e. The van der Waals surface area contributed by atoms with Crippen LogP contribution >= 0.6 is 0 Å². The molecule has 0 saturated heterocycles. The van der Waals surface area contributed by atoms with Crippen molar-refractivity contribution < 1.29 is 45.7 Å². The molecule has 0 saturated carbocycles. The molecule has 0 bridgehead atoms. The quantitative estimate of drug-likeness (QED) is 0.234. The fourth-order valence-electron chi connectivity index (χ4n) is 4.45. The van der Waals surface area contributed by atoms with Gasteiger partial charge in [-0.3, -0.25) is 4.79 Å². The molecule has 2 aromatic carbocycles. The van der Waals surface area contributed by atoms with Gasteiger partial charge in [0, 0.05) is 32.6 Å². The fraction of sp³-hybridized carbons (Fsp3) is 0.379. The van der Waals surface area contributed by atoms with Gasteiger partial charge in [-0.05, 0) is 73.9 Å². The Labute approximate surface area is 238 Å². The summed E-state index contributed by atoms with van der Waals surface area (Å²) in [4.78, 5) is 20.8. The lowest BCUT2D eigenvalue weighted by Crippen LogP contribution is -2.42. The zero-order valence-corrected chi connectivity index (χ0v) is 23.4. The predicted molar refractivity (Wildman–Crippen MR) is 143 cm³/mol. The fourth-order valence-corrected chi connectivity index (χ4v) is 4.45. The van der Waals surface area contributed by atoms with E-state index in [2.05, 4.69) is 4.98 Å². The summed E-state index contributed by atoms with van der Waals surface area (Å²) in [5.74, 6) is -0.995. The minimum Gasteiger partial charge on any atom is -0.368 e. The van der Waals surface area contributed by atoms with Gasteiger partial charge in [0.1, 0.15) is 11.6 Å². The van der Waals surface area contributed by atoms with E-state index in [0.29, 0.717) is 34.6 Å². The average molecular weight is 602 g/mol. The molecule has 0 aliphatic carbocycles. The Hall–Kier alpha value is -3.71. The van der Waals surface area contributed by atoms with E-state index in [9.17, 15) is 45.7 Å². The van der Waals surface area contributed by atoms with E-state index in [0.717, 1.165) is 4.90 Å². The number of alkyl halides is 6. The first kappa shape index (κ1) is 32.8. The Bertz CT molecular complexity index is 1420. The zero-order chi connectivity index (χ0) is 31.8. The molecule has 0 unspecified atom stereocenters. The zero-order valence-electron chi connectivity index (χ0n) is 23.4. The number of halogens is 7. The molecule has 3 aromatic rings. The highest BCUT2D eigenvalue weighted by Crippen LogP contribution is 2.41. The summed E-state index contributed by atoms with van der Waals surface area (Å²) in [5, 5.41) is 18.4. The van der Waals surface area contributed by atoms with Crippen LogP contribution in [0.4, 0.5) is 42.2 Å². The molecule has 1 amide bonds. The number of pyridine rings is 1. The first-order valence-electron chi connectivity index (χ1n) is 12.7. The van der Waals surface area contributed by atoms with Crippen molar-refractivity contribution in [1.82, 2.24) is 4.98 Å². The van der Waals surface area contributed by atoms with Gasteiger partial charge < -0.3 is 20.0 Å². The minimum absolute atomic E-state index is 0.00187. The molecule has 0 fully saturated rings. The van der Waals surface area contributed by atoms with Crippen molar-refractivity contribution in [3.63, 3.8) is 0 Å². The average Bonchev–Trinajstić information content (AvgIpc) is 2.89. The number of hydrogen-bond donors (Lipinski definition) is 2. The number of amides is 1. The van der Waals surface area contributed by atoms with Gasteiger partial charge in [-0.25, -0.2) is 9.37 Å². The second kappa shape index (κ2) is 11.9. The molecule has 228 valence electrons. The van der Waals surface area contributed by atoms with Crippen molar-refractivity contribution >= 4 is 17.4 Å². The van der Waals surface area contributed by atoms with Crippen molar-refractivity contribution in [1.29, 1.82) is 0 Å². The van der Waals surface area contributed by atoms with Crippen molar-refractivity contribution in [3.8, 4) is 11.1 Å². The van der Waals surface area contributed by atoms with E-state index in [-0.39, 0.29) is 24.7 Å². The summed E-state index contributed by atoms with van der Waals surface area (Å²) in [6, 6.07) is 6.55. The van der Waals surface area contributed by atoms with E-state index >= 15 is 0 Å². The number of aromatic nitrogens is 1. The number of aryl methyl sites for hydroxylation is 1. The number of hydrogen-bond acceptors (Lipinski definition) is 5. The summed E-state index contributed by atoms with van der Waals surface area (Å²) in [6.45, 7) is 4.26. The van der Waals surface area contributed by atoms with Crippen LogP contribution in [0, 0.1) is 12.7 Å². The Morgan fingerprint density at radius 2 is 1.43 bits per heavy atom. The Balaban J connectivity index is 2.15. The van der Waals surface area contributed by atoms with E-state index < -0.39 is 52.5 Å². The van der Waals surface area contributed by atoms with Gasteiger partial charge in [-0.1, -0.05) is 6.07 Å². The molecule has 0 aliphatic rings. The minimum atomic E-state index is -5.09. The summed E-state index contributed by atoms with van der Waals surface area (Å²) in [5.41, 5.74) is -3.94. The summed E-state index contributed by atoms with van der Waals surface area (Å²) < 4.78 is 95.1. The monoisotopic (exact) mass is 601 g/mol. The third-order valence-electron chi connectivity index (χ3n) is 6.97. The number of benzene rings is 2. The van der Waals surface area contributed by atoms with E-state index in [1.54, 1.807) is 24.9 Å². The highest BCUT2D eigenvalue weighted by atomic mass is 19.4. The van der Waals surface area contributed by atoms with Gasteiger partial charge in [0.2, 0.25) is 5.91 Å².